The molecule has 1 N–H and O–H groups in total. The molecule has 84 valence electrons. The van der Waals surface area contributed by atoms with Gasteiger partial charge in [0.15, 0.2) is 4.33 Å². The predicted molar refractivity (Wildman–Crippen MR) is 59.7 cm³/mol. The first-order chi connectivity index (χ1) is 7.03. The average Bonchev–Trinajstić information content (AvgIpc) is 2.37. The number of amides is 1. The molecule has 1 amide bonds. The molecule has 0 saturated carbocycles. The Morgan fingerprint density at radius 2 is 2.12 bits per heavy atom. The van der Waals surface area contributed by atoms with E-state index in [0.29, 0.717) is 0 Å². The molecule has 0 aromatic heterocycles. The second kappa shape index (κ2) is 5.08. The standard InChI is InChI=1S/C11H9Cl2NO.W/c1-7-9(8-5-3-2-4-6-8)11(12,13)10(15)14-7;/h2-5,7,9H,1H2,(H,14,15);/q-2;+2. The Kier molecular flexibility index (Phi) is 4.45. The van der Waals surface area contributed by atoms with Crippen LogP contribution in [0.3, 0.4) is 0 Å². The molecule has 1 aromatic rings. The molecule has 2 nitrogen and oxygen atoms in total. The summed E-state index contributed by atoms with van der Waals surface area (Å²) in [5, 5.41) is 2.62. The van der Waals surface area contributed by atoms with Gasteiger partial charge >= 0.3 is 21.1 Å². The molecule has 2 rings (SSSR count). The van der Waals surface area contributed by atoms with Crippen LogP contribution in [0, 0.1) is 13.0 Å². The molecule has 1 saturated heterocycles. The minimum absolute atomic E-state index is 0. The molecular weight excluding hydrogens is 417 g/mol. The van der Waals surface area contributed by atoms with Crippen molar-refractivity contribution in [1.29, 1.82) is 0 Å². The summed E-state index contributed by atoms with van der Waals surface area (Å²) in [5.41, 5.74) is 0.792. The second-order valence-electron chi connectivity index (χ2n) is 3.50. The summed E-state index contributed by atoms with van der Waals surface area (Å²) in [6, 6.07) is 9.98. The molecule has 2 unspecified atom stereocenters. The van der Waals surface area contributed by atoms with Crippen LogP contribution in [0.15, 0.2) is 24.3 Å². The maximum absolute atomic E-state index is 11.5. The van der Waals surface area contributed by atoms with E-state index < -0.39 is 10.2 Å². The molecule has 5 heteroatoms. The van der Waals surface area contributed by atoms with E-state index in [2.05, 4.69) is 18.3 Å². The molecule has 16 heavy (non-hydrogen) atoms. The molecule has 0 aliphatic carbocycles. The summed E-state index contributed by atoms with van der Waals surface area (Å²) < 4.78 is -1.45. The van der Waals surface area contributed by atoms with Gasteiger partial charge in [-0.25, -0.2) is 0 Å². The third-order valence-corrected chi connectivity index (χ3v) is 3.29. The zero-order valence-corrected chi connectivity index (χ0v) is 12.7. The second-order valence-corrected chi connectivity index (χ2v) is 4.88. The van der Waals surface area contributed by atoms with Crippen molar-refractivity contribution in [3.63, 3.8) is 0 Å². The van der Waals surface area contributed by atoms with Crippen LogP contribution in [0.25, 0.3) is 0 Å². The summed E-state index contributed by atoms with van der Waals surface area (Å²) in [7, 11) is 0. The van der Waals surface area contributed by atoms with Crippen LogP contribution in [0.2, 0.25) is 0 Å². The Hall–Kier alpha value is -0.0417. The topological polar surface area (TPSA) is 29.1 Å². The van der Waals surface area contributed by atoms with Gasteiger partial charge in [0.1, 0.15) is 0 Å². The Morgan fingerprint density at radius 1 is 1.44 bits per heavy atom. The van der Waals surface area contributed by atoms with Gasteiger partial charge in [-0.2, -0.15) is 35.9 Å². The third-order valence-electron chi connectivity index (χ3n) is 2.48. The maximum Gasteiger partial charge on any atom is 2.00 e. The van der Waals surface area contributed by atoms with E-state index in [1.807, 2.05) is 18.2 Å². The molecule has 1 fully saturated rings. The van der Waals surface area contributed by atoms with Crippen LogP contribution in [0.4, 0.5) is 0 Å². The monoisotopic (exact) mass is 425 g/mol. The van der Waals surface area contributed by atoms with Gasteiger partial charge in [-0.05, 0) is 5.92 Å². The van der Waals surface area contributed by atoms with E-state index in [-0.39, 0.29) is 33.0 Å². The zero-order chi connectivity index (χ0) is 11.1. The molecule has 1 aromatic carbocycles. The number of carbonyl (C=O) groups excluding carboxylic acids is 1. The Balaban J connectivity index is 0.00000128. The fraction of sp³-hybridized carbons (Fsp3) is 0.273. The minimum atomic E-state index is -1.45. The average molecular weight is 426 g/mol. The summed E-state index contributed by atoms with van der Waals surface area (Å²) in [6.45, 7) is 3.82. The first-order valence-electron chi connectivity index (χ1n) is 4.52. The Bertz CT molecular complexity index is 383. The number of nitrogens with one attached hydrogen (secondary N) is 1. The number of hydrogen-bond donors (Lipinski definition) is 1. The van der Waals surface area contributed by atoms with E-state index in [4.69, 9.17) is 23.2 Å². The van der Waals surface area contributed by atoms with Crippen molar-refractivity contribution < 1.29 is 25.9 Å². The number of hydrogen-bond acceptors (Lipinski definition) is 1. The molecule has 1 heterocycles. The van der Waals surface area contributed by atoms with Gasteiger partial charge in [0.05, 0.1) is 0 Å². The Morgan fingerprint density at radius 3 is 2.56 bits per heavy atom. The van der Waals surface area contributed by atoms with E-state index >= 15 is 0 Å². The SMILES string of the molecule is [CH2-]C1NC(=O)C(Cl)(Cl)C1c1[c-]cccc1.[W+2]. The smallest absolute Gasteiger partial charge is 0.380 e. The summed E-state index contributed by atoms with van der Waals surface area (Å²) >= 11 is 12.0. The van der Waals surface area contributed by atoms with Crippen LogP contribution in [-0.4, -0.2) is 16.3 Å². The van der Waals surface area contributed by atoms with Crippen molar-refractivity contribution in [3.8, 4) is 0 Å². The van der Waals surface area contributed by atoms with Crippen molar-refractivity contribution in [2.75, 3.05) is 0 Å². The van der Waals surface area contributed by atoms with E-state index in [0.717, 1.165) is 5.56 Å². The molecule has 0 bridgehead atoms. The number of alkyl halides is 2. The van der Waals surface area contributed by atoms with Gasteiger partial charge in [-0.3, -0.25) is 4.79 Å². The molecule has 1 aliphatic heterocycles. The summed E-state index contributed by atoms with van der Waals surface area (Å²) in [4.78, 5) is 11.5. The third kappa shape index (κ3) is 2.29. The normalized spacial score (nSPS) is 27.1. The van der Waals surface area contributed by atoms with Crippen LogP contribution < -0.4 is 5.32 Å². The van der Waals surface area contributed by atoms with Gasteiger partial charge in [-0.1, -0.05) is 29.2 Å². The van der Waals surface area contributed by atoms with Crippen LogP contribution >= 0.6 is 23.2 Å². The first-order valence-corrected chi connectivity index (χ1v) is 5.27. The van der Waals surface area contributed by atoms with Crippen molar-refractivity contribution in [2.24, 2.45) is 0 Å². The van der Waals surface area contributed by atoms with Crippen molar-refractivity contribution >= 4 is 29.1 Å². The van der Waals surface area contributed by atoms with Crippen molar-refractivity contribution in [3.05, 3.63) is 42.8 Å². The fourth-order valence-corrected chi connectivity index (χ4v) is 2.40. The quantitative estimate of drug-likeness (QED) is 0.541. The number of halogens is 2. The van der Waals surface area contributed by atoms with Gasteiger partial charge in [0.25, 0.3) is 5.91 Å². The van der Waals surface area contributed by atoms with Gasteiger partial charge in [-0.15, -0.1) is 0 Å². The van der Waals surface area contributed by atoms with Crippen molar-refractivity contribution in [2.45, 2.75) is 16.3 Å². The van der Waals surface area contributed by atoms with E-state index in [1.165, 1.54) is 0 Å². The maximum atomic E-state index is 11.5. The molecule has 0 radical (unpaired) electrons. The fourth-order valence-electron chi connectivity index (χ4n) is 1.75. The van der Waals surface area contributed by atoms with Gasteiger partial charge in [0, 0.05) is 0 Å². The van der Waals surface area contributed by atoms with Crippen molar-refractivity contribution in [1.82, 2.24) is 5.32 Å². The first kappa shape index (κ1) is 14.0. The Labute approximate surface area is 119 Å². The molecule has 2 atom stereocenters. The van der Waals surface area contributed by atoms with Crippen LogP contribution in [0.5, 0.6) is 0 Å². The molecule has 1 aliphatic rings. The van der Waals surface area contributed by atoms with Gasteiger partial charge < -0.3 is 12.2 Å². The van der Waals surface area contributed by atoms with Crippen LogP contribution in [0.1, 0.15) is 11.5 Å². The predicted octanol–water partition coefficient (Wildman–Crippen LogP) is 2.07. The molecular formula is C11H9Cl2NOW. The minimum Gasteiger partial charge on any atom is -0.380 e. The number of benzene rings is 1. The largest absolute Gasteiger partial charge is 2.00 e. The van der Waals surface area contributed by atoms with Gasteiger partial charge in [0.2, 0.25) is 0 Å². The summed E-state index contributed by atoms with van der Waals surface area (Å²) in [6.07, 6.45) is 0. The van der Waals surface area contributed by atoms with Crippen LogP contribution in [-0.2, 0) is 25.9 Å². The number of carbonyl (C=O) groups is 1. The number of rotatable bonds is 1. The van der Waals surface area contributed by atoms with E-state index in [1.54, 1.807) is 6.07 Å². The van der Waals surface area contributed by atoms with E-state index in [9.17, 15) is 4.79 Å². The zero-order valence-electron chi connectivity index (χ0n) is 8.24. The molecule has 0 spiro atoms. The summed E-state index contributed by atoms with van der Waals surface area (Å²) in [5.74, 6) is -0.761.